The van der Waals surface area contributed by atoms with Crippen LogP contribution in [0.1, 0.15) is 34.1 Å². The van der Waals surface area contributed by atoms with Crippen LogP contribution in [0.4, 0.5) is 0 Å². The Hall–Kier alpha value is -1.32. The van der Waals surface area contributed by atoms with Gasteiger partial charge in [0.05, 0.1) is 13.2 Å². The van der Waals surface area contributed by atoms with E-state index in [1.807, 2.05) is 6.92 Å². The highest BCUT2D eigenvalue weighted by atomic mass is 16.6. The highest BCUT2D eigenvalue weighted by molar-refractivity contribution is 5.95. The van der Waals surface area contributed by atoms with E-state index >= 15 is 0 Å². The largest absolute Gasteiger partial charge is 0.465 e. The average Bonchev–Trinajstić information content (AvgIpc) is 2.25. The molecule has 0 amide bonds. The van der Waals surface area contributed by atoms with Gasteiger partial charge in [-0.1, -0.05) is 19.1 Å². The van der Waals surface area contributed by atoms with Gasteiger partial charge in [-0.05, 0) is 27.2 Å². The van der Waals surface area contributed by atoms with Gasteiger partial charge in [-0.15, -0.1) is 0 Å². The second-order valence-electron chi connectivity index (χ2n) is 3.84. The molecule has 98 valence electrons. The molecular formula is C13H22O4. The van der Waals surface area contributed by atoms with E-state index in [0.717, 1.165) is 5.57 Å². The van der Waals surface area contributed by atoms with Crippen molar-refractivity contribution in [1.29, 1.82) is 0 Å². The SMILES string of the molecule is C=C(C)C(CC)C(C(=O)OCC)C(=O)OCC. The van der Waals surface area contributed by atoms with Crippen molar-refractivity contribution in [2.75, 3.05) is 13.2 Å². The molecule has 0 aromatic carbocycles. The third-order valence-corrected chi connectivity index (χ3v) is 2.56. The van der Waals surface area contributed by atoms with Crippen LogP contribution in [-0.2, 0) is 19.1 Å². The summed E-state index contributed by atoms with van der Waals surface area (Å²) >= 11 is 0. The fraction of sp³-hybridized carbons (Fsp3) is 0.692. The lowest BCUT2D eigenvalue weighted by Gasteiger charge is -2.23. The second kappa shape index (κ2) is 7.87. The van der Waals surface area contributed by atoms with Crippen LogP contribution in [-0.4, -0.2) is 25.2 Å². The number of carbonyl (C=O) groups is 2. The molecule has 4 nitrogen and oxygen atoms in total. The Morgan fingerprint density at radius 2 is 1.47 bits per heavy atom. The van der Waals surface area contributed by atoms with Crippen LogP contribution in [0.5, 0.6) is 0 Å². The minimum absolute atomic E-state index is 0.229. The third kappa shape index (κ3) is 4.59. The van der Waals surface area contributed by atoms with Crippen molar-refractivity contribution in [3.8, 4) is 0 Å². The molecule has 0 aliphatic rings. The quantitative estimate of drug-likeness (QED) is 0.390. The molecule has 0 aromatic rings. The Kier molecular flexibility index (Phi) is 7.26. The maximum absolute atomic E-state index is 11.8. The standard InChI is InChI=1S/C13H22O4/c1-6-10(9(4)5)11(12(14)16-7-2)13(15)17-8-3/h10-11H,4,6-8H2,1-3,5H3. The molecule has 17 heavy (non-hydrogen) atoms. The van der Waals surface area contributed by atoms with Gasteiger partial charge < -0.3 is 9.47 Å². The predicted octanol–water partition coefficient (Wildman–Crippen LogP) is 2.33. The minimum atomic E-state index is -0.891. The predicted molar refractivity (Wildman–Crippen MR) is 65.4 cm³/mol. The third-order valence-electron chi connectivity index (χ3n) is 2.56. The highest BCUT2D eigenvalue weighted by Gasteiger charge is 2.36. The van der Waals surface area contributed by atoms with E-state index in [1.165, 1.54) is 0 Å². The van der Waals surface area contributed by atoms with Crippen molar-refractivity contribution >= 4 is 11.9 Å². The van der Waals surface area contributed by atoms with Crippen LogP contribution in [0, 0.1) is 11.8 Å². The Bertz CT molecular complexity index is 265. The molecule has 0 bridgehead atoms. The first kappa shape index (κ1) is 15.7. The first-order valence-corrected chi connectivity index (χ1v) is 5.98. The minimum Gasteiger partial charge on any atom is -0.465 e. The van der Waals surface area contributed by atoms with E-state index in [2.05, 4.69) is 6.58 Å². The van der Waals surface area contributed by atoms with E-state index in [0.29, 0.717) is 6.42 Å². The van der Waals surface area contributed by atoms with Crippen LogP contribution in [0.25, 0.3) is 0 Å². The molecule has 1 atom stereocenters. The summed E-state index contributed by atoms with van der Waals surface area (Å²) in [5.74, 6) is -2.17. The molecule has 0 saturated heterocycles. The summed E-state index contributed by atoms with van der Waals surface area (Å²) in [7, 11) is 0. The molecule has 0 fully saturated rings. The van der Waals surface area contributed by atoms with Crippen LogP contribution >= 0.6 is 0 Å². The average molecular weight is 242 g/mol. The van der Waals surface area contributed by atoms with Gasteiger partial charge in [0, 0.05) is 5.92 Å². The number of rotatable bonds is 7. The van der Waals surface area contributed by atoms with Crippen molar-refractivity contribution in [3.63, 3.8) is 0 Å². The molecule has 0 heterocycles. The lowest BCUT2D eigenvalue weighted by molar-refractivity contribution is -0.163. The van der Waals surface area contributed by atoms with Crippen molar-refractivity contribution in [3.05, 3.63) is 12.2 Å². The Balaban J connectivity index is 5.00. The summed E-state index contributed by atoms with van der Waals surface area (Å²) < 4.78 is 9.85. The van der Waals surface area contributed by atoms with Crippen LogP contribution in [0.2, 0.25) is 0 Å². The van der Waals surface area contributed by atoms with E-state index in [4.69, 9.17) is 9.47 Å². The van der Waals surface area contributed by atoms with Gasteiger partial charge in [0.25, 0.3) is 0 Å². The number of ether oxygens (including phenoxy) is 2. The highest BCUT2D eigenvalue weighted by Crippen LogP contribution is 2.25. The summed E-state index contributed by atoms with van der Waals surface area (Å²) in [6.45, 7) is 11.5. The van der Waals surface area contributed by atoms with Crippen molar-refractivity contribution < 1.29 is 19.1 Å². The molecule has 4 heteroatoms. The number of hydrogen-bond donors (Lipinski definition) is 0. The summed E-state index contributed by atoms with van der Waals surface area (Å²) in [5.41, 5.74) is 0.790. The van der Waals surface area contributed by atoms with Crippen LogP contribution in [0.15, 0.2) is 12.2 Å². The molecule has 0 saturated carbocycles. The van der Waals surface area contributed by atoms with E-state index < -0.39 is 17.9 Å². The van der Waals surface area contributed by atoms with Crippen molar-refractivity contribution in [2.45, 2.75) is 34.1 Å². The summed E-state index contributed by atoms with van der Waals surface area (Å²) in [6, 6.07) is 0. The Labute approximate surface area is 103 Å². The van der Waals surface area contributed by atoms with Crippen LogP contribution < -0.4 is 0 Å². The zero-order valence-corrected chi connectivity index (χ0v) is 11.1. The van der Waals surface area contributed by atoms with E-state index in [9.17, 15) is 9.59 Å². The van der Waals surface area contributed by atoms with Gasteiger partial charge in [-0.25, -0.2) is 0 Å². The number of hydrogen-bond acceptors (Lipinski definition) is 4. The smallest absolute Gasteiger partial charge is 0.320 e. The monoisotopic (exact) mass is 242 g/mol. The molecule has 1 unspecified atom stereocenters. The van der Waals surface area contributed by atoms with Gasteiger partial charge in [0.2, 0.25) is 0 Å². The van der Waals surface area contributed by atoms with Gasteiger partial charge in [0.15, 0.2) is 5.92 Å². The van der Waals surface area contributed by atoms with Gasteiger partial charge >= 0.3 is 11.9 Å². The fourth-order valence-corrected chi connectivity index (χ4v) is 1.76. The Morgan fingerprint density at radius 1 is 1.06 bits per heavy atom. The molecule has 0 spiro atoms. The van der Waals surface area contributed by atoms with E-state index in [-0.39, 0.29) is 19.1 Å². The zero-order chi connectivity index (χ0) is 13.4. The van der Waals surface area contributed by atoms with Crippen molar-refractivity contribution in [2.24, 2.45) is 11.8 Å². The van der Waals surface area contributed by atoms with Crippen LogP contribution in [0.3, 0.4) is 0 Å². The second-order valence-corrected chi connectivity index (χ2v) is 3.84. The van der Waals surface area contributed by atoms with Gasteiger partial charge in [0.1, 0.15) is 0 Å². The molecule has 0 aliphatic heterocycles. The molecular weight excluding hydrogens is 220 g/mol. The lowest BCUT2D eigenvalue weighted by Crippen LogP contribution is -2.34. The number of carbonyl (C=O) groups excluding carboxylic acids is 2. The molecule has 0 N–H and O–H groups in total. The van der Waals surface area contributed by atoms with Crippen molar-refractivity contribution in [1.82, 2.24) is 0 Å². The maximum atomic E-state index is 11.8. The topological polar surface area (TPSA) is 52.6 Å². The number of esters is 2. The van der Waals surface area contributed by atoms with Gasteiger partial charge in [-0.3, -0.25) is 9.59 Å². The molecule has 0 radical (unpaired) electrons. The summed E-state index contributed by atoms with van der Waals surface area (Å²) in [4.78, 5) is 23.6. The first-order chi connectivity index (χ1) is 7.99. The lowest BCUT2D eigenvalue weighted by atomic mass is 9.85. The fourth-order valence-electron chi connectivity index (χ4n) is 1.76. The number of allylic oxidation sites excluding steroid dienone is 1. The first-order valence-electron chi connectivity index (χ1n) is 5.98. The summed E-state index contributed by atoms with van der Waals surface area (Å²) in [5, 5.41) is 0. The van der Waals surface area contributed by atoms with E-state index in [1.54, 1.807) is 20.8 Å². The molecule has 0 aromatic heterocycles. The molecule has 0 rings (SSSR count). The Morgan fingerprint density at radius 3 is 1.71 bits per heavy atom. The zero-order valence-electron chi connectivity index (χ0n) is 11.1. The summed E-state index contributed by atoms with van der Waals surface area (Å²) in [6.07, 6.45) is 0.650. The van der Waals surface area contributed by atoms with Gasteiger partial charge in [-0.2, -0.15) is 0 Å². The maximum Gasteiger partial charge on any atom is 0.320 e. The molecule has 0 aliphatic carbocycles. The normalized spacial score (nSPS) is 12.1.